The largest absolute Gasteiger partial charge is 0.454 e. The number of piperidine rings is 1. The van der Waals surface area contributed by atoms with E-state index < -0.39 is 0 Å². The van der Waals surface area contributed by atoms with Gasteiger partial charge in [-0.3, -0.25) is 9.69 Å². The van der Waals surface area contributed by atoms with E-state index in [1.807, 2.05) is 23.6 Å². The van der Waals surface area contributed by atoms with Crippen LogP contribution in [0.4, 0.5) is 5.00 Å². The summed E-state index contributed by atoms with van der Waals surface area (Å²) in [7, 11) is 0. The molecule has 1 atom stereocenters. The molecule has 31 heavy (non-hydrogen) atoms. The van der Waals surface area contributed by atoms with E-state index in [1.54, 1.807) is 11.3 Å². The Morgan fingerprint density at radius 2 is 1.90 bits per heavy atom. The number of aryl methyl sites for hydroxylation is 1. The molecule has 0 radical (unpaired) electrons. The molecule has 4 heterocycles. The summed E-state index contributed by atoms with van der Waals surface area (Å²) >= 11 is 3.13. The molecule has 1 amide bonds. The number of fused-ring (bicyclic) bond motifs is 1. The van der Waals surface area contributed by atoms with Crippen LogP contribution in [0.1, 0.15) is 56.5 Å². The maximum absolute atomic E-state index is 12.9. The predicted molar refractivity (Wildman–Crippen MR) is 126 cm³/mol. The minimum Gasteiger partial charge on any atom is -0.454 e. The molecule has 2 aliphatic heterocycles. The number of carbonyl (C=O) groups is 1. The summed E-state index contributed by atoms with van der Waals surface area (Å²) in [6.07, 6.45) is 3.66. The first-order chi connectivity index (χ1) is 15.1. The van der Waals surface area contributed by atoms with Gasteiger partial charge in [-0.15, -0.1) is 22.7 Å². The van der Waals surface area contributed by atoms with Crippen molar-refractivity contribution in [2.45, 2.75) is 39.2 Å². The van der Waals surface area contributed by atoms with Crippen molar-refractivity contribution in [1.29, 1.82) is 0 Å². The third-order valence-corrected chi connectivity index (χ3v) is 8.15. The fraction of sp³-hybridized carbons (Fsp3) is 0.375. The van der Waals surface area contributed by atoms with Crippen molar-refractivity contribution in [3.05, 3.63) is 62.2 Å². The van der Waals surface area contributed by atoms with E-state index in [-0.39, 0.29) is 18.7 Å². The van der Waals surface area contributed by atoms with Crippen LogP contribution in [-0.4, -0.2) is 30.7 Å². The zero-order chi connectivity index (χ0) is 21.4. The van der Waals surface area contributed by atoms with Gasteiger partial charge in [-0.25, -0.2) is 0 Å². The van der Waals surface area contributed by atoms with E-state index >= 15 is 0 Å². The zero-order valence-electron chi connectivity index (χ0n) is 17.8. The van der Waals surface area contributed by atoms with Crippen molar-refractivity contribution in [2.75, 3.05) is 25.2 Å². The first-order valence-corrected chi connectivity index (χ1v) is 12.4. The van der Waals surface area contributed by atoms with Crippen LogP contribution in [0.3, 0.4) is 0 Å². The second kappa shape index (κ2) is 8.65. The molecule has 0 aliphatic carbocycles. The number of hydrogen-bond donors (Lipinski definition) is 1. The van der Waals surface area contributed by atoms with Crippen LogP contribution in [0.2, 0.25) is 0 Å². The normalized spacial score (nSPS) is 17.0. The van der Waals surface area contributed by atoms with Gasteiger partial charge in [-0.05, 0) is 74.5 Å². The summed E-state index contributed by atoms with van der Waals surface area (Å²) in [6, 6.07) is 10.1. The highest BCUT2D eigenvalue weighted by Gasteiger charge is 2.31. The molecular formula is C24H26N2O3S2. The molecule has 0 bridgehead atoms. The molecule has 1 aromatic carbocycles. The first-order valence-electron chi connectivity index (χ1n) is 10.7. The van der Waals surface area contributed by atoms with Crippen LogP contribution < -0.4 is 14.8 Å². The minimum absolute atomic E-state index is 0.0411. The molecule has 162 valence electrons. The minimum atomic E-state index is -0.0411. The van der Waals surface area contributed by atoms with Crippen LogP contribution in [0.25, 0.3) is 0 Å². The molecule has 5 rings (SSSR count). The van der Waals surface area contributed by atoms with Crippen LogP contribution in [0.5, 0.6) is 11.5 Å². The monoisotopic (exact) mass is 454 g/mol. The fourth-order valence-electron chi connectivity index (χ4n) is 4.46. The van der Waals surface area contributed by atoms with Crippen molar-refractivity contribution in [3.8, 4) is 11.5 Å². The van der Waals surface area contributed by atoms with Gasteiger partial charge in [0, 0.05) is 10.4 Å². The third-order valence-electron chi connectivity index (χ3n) is 6.15. The Bertz CT molecular complexity index is 1080. The average molecular weight is 455 g/mol. The average Bonchev–Trinajstić information content (AvgIpc) is 3.52. The highest BCUT2D eigenvalue weighted by Crippen LogP contribution is 2.45. The molecule has 3 aromatic rings. The van der Waals surface area contributed by atoms with Crippen molar-refractivity contribution in [2.24, 2.45) is 0 Å². The van der Waals surface area contributed by atoms with Gasteiger partial charge in [0.1, 0.15) is 5.00 Å². The lowest BCUT2D eigenvalue weighted by molar-refractivity contribution is 0.103. The van der Waals surface area contributed by atoms with Crippen LogP contribution >= 0.6 is 22.7 Å². The highest BCUT2D eigenvalue weighted by molar-refractivity contribution is 7.17. The predicted octanol–water partition coefficient (Wildman–Crippen LogP) is 5.98. The summed E-state index contributed by atoms with van der Waals surface area (Å²) in [5, 5.41) is 6.10. The molecule has 2 aliphatic rings. The molecule has 0 spiro atoms. The van der Waals surface area contributed by atoms with Gasteiger partial charge in [-0.1, -0.05) is 18.6 Å². The van der Waals surface area contributed by atoms with Gasteiger partial charge < -0.3 is 14.8 Å². The number of nitrogens with one attached hydrogen (secondary N) is 1. The number of hydrogen-bond acceptors (Lipinski definition) is 6. The van der Waals surface area contributed by atoms with Crippen LogP contribution in [0, 0.1) is 13.8 Å². The van der Waals surface area contributed by atoms with Gasteiger partial charge in [0.15, 0.2) is 11.5 Å². The Balaban J connectivity index is 1.58. The molecule has 5 nitrogen and oxygen atoms in total. The first kappa shape index (κ1) is 20.5. The van der Waals surface area contributed by atoms with E-state index in [2.05, 4.69) is 36.2 Å². The summed E-state index contributed by atoms with van der Waals surface area (Å²) in [5.74, 6) is 1.56. The SMILES string of the molecule is Cc1sc(NC(=O)c2cccs2)c([C@H](c2ccc3c(c2)OCO3)N2CCCCC2)c1C. The molecular weight excluding hydrogens is 428 g/mol. The van der Waals surface area contributed by atoms with E-state index in [0.29, 0.717) is 0 Å². The number of benzene rings is 1. The van der Waals surface area contributed by atoms with Crippen LogP contribution in [-0.2, 0) is 0 Å². The number of nitrogens with zero attached hydrogens (tertiary/aromatic N) is 1. The Labute approximate surface area is 190 Å². The van der Waals surface area contributed by atoms with Gasteiger partial charge in [0.2, 0.25) is 6.79 Å². The van der Waals surface area contributed by atoms with Crippen LogP contribution in [0.15, 0.2) is 35.7 Å². The second-order valence-electron chi connectivity index (χ2n) is 8.07. The number of anilines is 1. The fourth-order valence-corrected chi connectivity index (χ4v) is 6.17. The van der Waals surface area contributed by atoms with Crippen molar-refractivity contribution in [3.63, 3.8) is 0 Å². The van der Waals surface area contributed by atoms with Gasteiger partial charge in [0.25, 0.3) is 5.91 Å². The Kier molecular flexibility index (Phi) is 5.73. The van der Waals surface area contributed by atoms with E-state index in [1.165, 1.54) is 52.2 Å². The lowest BCUT2D eigenvalue weighted by Gasteiger charge is -2.36. The molecule has 1 saturated heterocycles. The number of amides is 1. The van der Waals surface area contributed by atoms with Crippen molar-refractivity contribution >= 4 is 33.6 Å². The molecule has 0 unspecified atom stereocenters. The van der Waals surface area contributed by atoms with E-state index in [9.17, 15) is 4.79 Å². The molecule has 7 heteroatoms. The third kappa shape index (κ3) is 3.97. The van der Waals surface area contributed by atoms with Gasteiger partial charge in [-0.2, -0.15) is 0 Å². The summed E-state index contributed by atoms with van der Waals surface area (Å²) in [4.78, 5) is 17.4. The van der Waals surface area contributed by atoms with Crippen molar-refractivity contribution < 1.29 is 14.3 Å². The standard InChI is InChI=1S/C24H26N2O3S2/c1-15-16(2)31-24(25-23(27)20-7-6-12-30-20)21(15)22(26-10-4-3-5-11-26)17-8-9-18-19(13-17)29-14-28-18/h6-9,12-13,22H,3-5,10-11,14H2,1-2H3,(H,25,27)/t22-/m0/s1. The number of rotatable bonds is 5. The van der Waals surface area contributed by atoms with Gasteiger partial charge in [0.05, 0.1) is 10.9 Å². The van der Waals surface area contributed by atoms with E-state index in [0.717, 1.165) is 34.5 Å². The van der Waals surface area contributed by atoms with E-state index in [4.69, 9.17) is 9.47 Å². The Hall–Kier alpha value is -2.35. The maximum Gasteiger partial charge on any atom is 0.266 e. The number of ether oxygens (including phenoxy) is 2. The quantitative estimate of drug-likeness (QED) is 0.515. The summed E-state index contributed by atoms with van der Waals surface area (Å²) in [5.41, 5.74) is 3.63. The maximum atomic E-state index is 12.9. The molecule has 2 aromatic heterocycles. The Morgan fingerprint density at radius 3 is 2.68 bits per heavy atom. The number of likely N-dealkylation sites (tertiary alicyclic amines) is 1. The van der Waals surface area contributed by atoms with Crippen molar-refractivity contribution in [1.82, 2.24) is 4.90 Å². The summed E-state index contributed by atoms with van der Waals surface area (Å²) in [6.45, 7) is 6.67. The lowest BCUT2D eigenvalue weighted by atomic mass is 9.93. The summed E-state index contributed by atoms with van der Waals surface area (Å²) < 4.78 is 11.2. The topological polar surface area (TPSA) is 50.8 Å². The smallest absolute Gasteiger partial charge is 0.266 e. The number of thiophene rings is 2. The zero-order valence-corrected chi connectivity index (χ0v) is 19.4. The van der Waals surface area contributed by atoms with Gasteiger partial charge >= 0.3 is 0 Å². The molecule has 0 saturated carbocycles. The highest BCUT2D eigenvalue weighted by atomic mass is 32.1. The molecule has 1 fully saturated rings. The Morgan fingerprint density at radius 1 is 1.10 bits per heavy atom. The molecule has 1 N–H and O–H groups in total. The second-order valence-corrected chi connectivity index (χ2v) is 10.2. The number of carbonyl (C=O) groups excluding carboxylic acids is 1. The lowest BCUT2D eigenvalue weighted by Crippen LogP contribution is -2.35.